The van der Waals surface area contributed by atoms with Crippen LogP contribution in [-0.4, -0.2) is 29.8 Å². The molecule has 0 fully saturated rings. The lowest BCUT2D eigenvalue weighted by molar-refractivity contribution is 0.0891. The van der Waals surface area contributed by atoms with E-state index in [1.165, 1.54) is 18.2 Å². The Labute approximate surface area is 91.8 Å². The molecule has 0 heterocycles. The molecular weight excluding hydrogens is 232 g/mol. The molecule has 5 nitrogen and oxygen atoms in total. The van der Waals surface area contributed by atoms with Crippen molar-refractivity contribution in [2.75, 3.05) is 0 Å². The second-order valence-corrected chi connectivity index (χ2v) is 5.14. The van der Waals surface area contributed by atoms with E-state index in [9.17, 15) is 18.0 Å². The van der Waals surface area contributed by atoms with E-state index in [4.69, 9.17) is 4.55 Å². The van der Waals surface area contributed by atoms with Crippen LogP contribution >= 0.6 is 0 Å². The minimum atomic E-state index is -4.52. The number of hydrogen-bond acceptors (Lipinski definition) is 4. The van der Waals surface area contributed by atoms with Gasteiger partial charge in [0.15, 0.2) is 16.8 Å². The van der Waals surface area contributed by atoms with Crippen molar-refractivity contribution in [1.82, 2.24) is 0 Å². The van der Waals surface area contributed by atoms with Gasteiger partial charge in [0, 0.05) is 17.5 Å². The topological polar surface area (TPSA) is 88.5 Å². The second-order valence-electron chi connectivity index (χ2n) is 3.54. The van der Waals surface area contributed by atoms with Crippen LogP contribution in [0.25, 0.3) is 0 Å². The van der Waals surface area contributed by atoms with Crippen LogP contribution in [0.15, 0.2) is 24.3 Å². The van der Waals surface area contributed by atoms with Gasteiger partial charge in [0.25, 0.3) is 10.1 Å². The number of Topliss-reactive ketones (excluding diaryl/α,β-unsaturated/α-hetero) is 2. The number of benzene rings is 1. The summed E-state index contributed by atoms with van der Waals surface area (Å²) >= 11 is 0. The maximum Gasteiger partial charge on any atom is 0.275 e. The average Bonchev–Trinajstić information content (AvgIpc) is 2.22. The summed E-state index contributed by atoms with van der Waals surface area (Å²) < 4.78 is 30.7. The summed E-state index contributed by atoms with van der Waals surface area (Å²) in [6, 6.07) is 5.98. The van der Waals surface area contributed by atoms with Gasteiger partial charge in [-0.3, -0.25) is 14.1 Å². The molecule has 1 atom stereocenters. The van der Waals surface area contributed by atoms with Crippen LogP contribution in [0.2, 0.25) is 0 Å². The van der Waals surface area contributed by atoms with Gasteiger partial charge in [0.2, 0.25) is 0 Å². The number of fused-ring (bicyclic) bond motifs is 1. The van der Waals surface area contributed by atoms with Crippen molar-refractivity contribution in [2.45, 2.75) is 11.7 Å². The largest absolute Gasteiger partial charge is 0.294 e. The van der Waals surface area contributed by atoms with E-state index in [-0.39, 0.29) is 11.1 Å². The van der Waals surface area contributed by atoms with Gasteiger partial charge in [0.05, 0.1) is 0 Å². The molecule has 1 aromatic rings. The zero-order valence-corrected chi connectivity index (χ0v) is 8.90. The Balaban J connectivity index is 2.59. The minimum absolute atomic E-state index is 0.0568. The first-order chi connectivity index (χ1) is 7.41. The monoisotopic (exact) mass is 240 g/mol. The van der Waals surface area contributed by atoms with E-state index in [2.05, 4.69) is 0 Å². The van der Waals surface area contributed by atoms with Crippen molar-refractivity contribution in [3.8, 4) is 0 Å². The highest BCUT2D eigenvalue weighted by molar-refractivity contribution is 7.87. The number of hydrogen-bond donors (Lipinski definition) is 1. The summed E-state index contributed by atoms with van der Waals surface area (Å²) in [5.74, 6) is -1.17. The average molecular weight is 240 g/mol. The summed E-state index contributed by atoms with van der Waals surface area (Å²) in [5.41, 5.74) is 0.272. The van der Waals surface area contributed by atoms with Crippen molar-refractivity contribution in [2.24, 2.45) is 0 Å². The number of carbonyl (C=O) groups is 2. The lowest BCUT2D eigenvalue weighted by atomic mass is 9.89. The standard InChI is InChI=1S/C10H8O5S/c11-8-5-9(16(13,14)15)10(12)7-4-2-1-3-6(7)8/h1-4,9H,5H2,(H,13,14,15)/t9-/m0/s1. The number of carbonyl (C=O) groups excluding carboxylic acids is 2. The van der Waals surface area contributed by atoms with E-state index in [1.807, 2.05) is 0 Å². The van der Waals surface area contributed by atoms with Crippen molar-refractivity contribution in [1.29, 1.82) is 0 Å². The van der Waals surface area contributed by atoms with Gasteiger partial charge in [-0.05, 0) is 0 Å². The third kappa shape index (κ3) is 1.66. The van der Waals surface area contributed by atoms with Crippen LogP contribution in [0.1, 0.15) is 27.1 Å². The molecule has 1 N–H and O–H groups in total. The van der Waals surface area contributed by atoms with E-state index in [1.54, 1.807) is 6.07 Å². The van der Waals surface area contributed by atoms with Crippen molar-refractivity contribution in [3.05, 3.63) is 35.4 Å². The molecule has 0 aliphatic heterocycles. The highest BCUT2D eigenvalue weighted by Gasteiger charge is 2.39. The van der Waals surface area contributed by atoms with Gasteiger partial charge in [-0.2, -0.15) is 8.42 Å². The van der Waals surface area contributed by atoms with Crippen LogP contribution < -0.4 is 0 Å². The van der Waals surface area contributed by atoms with Crippen molar-refractivity contribution < 1.29 is 22.6 Å². The SMILES string of the molecule is O=C1C[C@H](S(=O)(=O)O)C(=O)c2ccccc21. The highest BCUT2D eigenvalue weighted by Crippen LogP contribution is 2.24. The zero-order chi connectivity index (χ0) is 11.9. The van der Waals surface area contributed by atoms with Gasteiger partial charge >= 0.3 is 0 Å². The molecule has 1 aromatic carbocycles. The highest BCUT2D eigenvalue weighted by atomic mass is 32.2. The van der Waals surface area contributed by atoms with Gasteiger partial charge in [-0.25, -0.2) is 0 Å². The Morgan fingerprint density at radius 2 is 1.69 bits per heavy atom. The maximum atomic E-state index is 11.7. The van der Waals surface area contributed by atoms with E-state index in [0.717, 1.165) is 0 Å². The third-order valence-electron chi connectivity index (χ3n) is 2.52. The quantitative estimate of drug-likeness (QED) is 0.730. The third-order valence-corrected chi connectivity index (χ3v) is 3.62. The molecule has 0 amide bonds. The summed E-state index contributed by atoms with van der Waals surface area (Å²) in [7, 11) is -4.52. The Morgan fingerprint density at radius 1 is 1.12 bits per heavy atom. The van der Waals surface area contributed by atoms with E-state index >= 15 is 0 Å². The van der Waals surface area contributed by atoms with Crippen LogP contribution in [0, 0.1) is 0 Å². The molecule has 0 unspecified atom stereocenters. The van der Waals surface area contributed by atoms with Crippen molar-refractivity contribution >= 4 is 21.7 Å². The molecule has 0 aromatic heterocycles. The summed E-state index contributed by atoms with van der Waals surface area (Å²) in [4.78, 5) is 23.3. The van der Waals surface area contributed by atoms with Gasteiger partial charge in [-0.1, -0.05) is 24.3 Å². The van der Waals surface area contributed by atoms with Crippen LogP contribution in [-0.2, 0) is 10.1 Å². The molecule has 6 heteroatoms. The Bertz CT molecular complexity index is 573. The summed E-state index contributed by atoms with van der Waals surface area (Å²) in [6.45, 7) is 0. The fraction of sp³-hybridized carbons (Fsp3) is 0.200. The Kier molecular flexibility index (Phi) is 2.40. The van der Waals surface area contributed by atoms with Gasteiger partial charge < -0.3 is 0 Å². The maximum absolute atomic E-state index is 11.7. The molecule has 1 aliphatic rings. The first-order valence-electron chi connectivity index (χ1n) is 4.54. The number of ketones is 2. The predicted octanol–water partition coefficient (Wildman–Crippen LogP) is 0.712. The van der Waals surface area contributed by atoms with Gasteiger partial charge in [0.1, 0.15) is 0 Å². The fourth-order valence-electron chi connectivity index (χ4n) is 1.73. The second kappa shape index (κ2) is 3.50. The van der Waals surface area contributed by atoms with Gasteiger partial charge in [-0.15, -0.1) is 0 Å². The smallest absolute Gasteiger partial charge is 0.275 e. The number of rotatable bonds is 1. The molecule has 2 rings (SSSR count). The molecule has 1 aliphatic carbocycles. The minimum Gasteiger partial charge on any atom is -0.294 e. The molecule has 0 saturated heterocycles. The van der Waals surface area contributed by atoms with Crippen LogP contribution in [0.3, 0.4) is 0 Å². The first kappa shape index (κ1) is 11.0. The Hall–Kier alpha value is -1.53. The molecular formula is C10H8O5S. The first-order valence-corrected chi connectivity index (χ1v) is 6.04. The van der Waals surface area contributed by atoms with Crippen molar-refractivity contribution in [3.63, 3.8) is 0 Å². The molecule has 0 bridgehead atoms. The predicted molar refractivity (Wildman–Crippen MR) is 55.1 cm³/mol. The lowest BCUT2D eigenvalue weighted by Crippen LogP contribution is -2.37. The molecule has 84 valence electrons. The molecule has 0 saturated carbocycles. The Morgan fingerprint density at radius 3 is 2.25 bits per heavy atom. The molecule has 0 radical (unpaired) electrons. The zero-order valence-electron chi connectivity index (χ0n) is 8.08. The van der Waals surface area contributed by atoms with E-state index < -0.39 is 33.4 Å². The summed E-state index contributed by atoms with van der Waals surface area (Å²) in [6.07, 6.45) is -0.491. The van der Waals surface area contributed by atoms with Crippen LogP contribution in [0.5, 0.6) is 0 Å². The van der Waals surface area contributed by atoms with E-state index in [0.29, 0.717) is 0 Å². The van der Waals surface area contributed by atoms with Crippen LogP contribution in [0.4, 0.5) is 0 Å². The molecule has 16 heavy (non-hydrogen) atoms. The lowest BCUT2D eigenvalue weighted by Gasteiger charge is -2.19. The summed E-state index contributed by atoms with van der Waals surface area (Å²) in [5, 5.41) is -1.66. The normalized spacial score (nSPS) is 20.7. The molecule has 0 spiro atoms. The fourth-order valence-corrected chi connectivity index (χ4v) is 2.49.